The van der Waals surface area contributed by atoms with Crippen LogP contribution in [0, 0.1) is 0 Å². The van der Waals surface area contributed by atoms with Gasteiger partial charge in [-0.2, -0.15) is 0 Å². The highest BCUT2D eigenvalue weighted by Crippen LogP contribution is 2.29. The van der Waals surface area contributed by atoms with E-state index in [-0.39, 0.29) is 17.2 Å². The summed E-state index contributed by atoms with van der Waals surface area (Å²) in [5.74, 6) is 0.737. The molecule has 0 radical (unpaired) electrons. The van der Waals surface area contributed by atoms with Crippen LogP contribution in [0.25, 0.3) is 5.69 Å². The first kappa shape index (κ1) is 20.5. The zero-order chi connectivity index (χ0) is 19.3. The van der Waals surface area contributed by atoms with Crippen molar-refractivity contribution in [3.8, 4) is 5.69 Å². The number of rotatable bonds is 8. The summed E-state index contributed by atoms with van der Waals surface area (Å²) in [5.41, 5.74) is 0.907. The molecule has 8 heteroatoms. The fraction of sp³-hybridized carbons (Fsp3) is 0.389. The van der Waals surface area contributed by atoms with E-state index in [0.717, 1.165) is 11.5 Å². The van der Waals surface area contributed by atoms with Gasteiger partial charge in [0.25, 0.3) is 0 Å². The number of nitrogens with zero attached hydrogens (tertiary/aromatic N) is 4. The van der Waals surface area contributed by atoms with E-state index in [2.05, 4.69) is 33.9 Å². The van der Waals surface area contributed by atoms with E-state index < -0.39 is 0 Å². The van der Waals surface area contributed by atoms with Gasteiger partial charge in [-0.1, -0.05) is 29.4 Å². The van der Waals surface area contributed by atoms with Gasteiger partial charge in [0.1, 0.15) is 0 Å². The van der Waals surface area contributed by atoms with Gasteiger partial charge in [-0.25, -0.2) is 0 Å². The first-order valence-electron chi connectivity index (χ1n) is 8.28. The van der Waals surface area contributed by atoms with Crippen molar-refractivity contribution >= 4 is 29.3 Å². The number of thioether (sulfide) groups is 1. The molecule has 2 rings (SSSR count). The van der Waals surface area contributed by atoms with Crippen molar-refractivity contribution in [2.75, 3.05) is 20.6 Å². The Morgan fingerprint density at radius 3 is 2.58 bits per heavy atom. The van der Waals surface area contributed by atoms with Crippen molar-refractivity contribution in [3.63, 3.8) is 0 Å². The van der Waals surface area contributed by atoms with Crippen molar-refractivity contribution in [2.24, 2.45) is 0 Å². The standard InChI is InChI=1S/C18H24ClN5OS/c1-6-11-20-17(25)13(3)26-18-22-21-16(12(2)23(4)5)24(18)15-9-7-14(19)8-10-15/h6-10,12-13H,1,11H2,2-5H3,(H,20,25)/t12-,13+/m0/s1. The highest BCUT2D eigenvalue weighted by molar-refractivity contribution is 8.00. The third kappa shape index (κ3) is 4.87. The van der Waals surface area contributed by atoms with Gasteiger partial charge in [-0.3, -0.25) is 14.3 Å². The van der Waals surface area contributed by atoms with Crippen LogP contribution in [-0.4, -0.2) is 51.5 Å². The minimum atomic E-state index is -0.312. The van der Waals surface area contributed by atoms with E-state index in [0.29, 0.717) is 16.7 Å². The molecule has 1 amide bonds. The number of amides is 1. The number of carbonyl (C=O) groups is 1. The summed E-state index contributed by atoms with van der Waals surface area (Å²) in [6, 6.07) is 7.55. The zero-order valence-corrected chi connectivity index (χ0v) is 17.0. The lowest BCUT2D eigenvalue weighted by atomic mass is 10.2. The summed E-state index contributed by atoms with van der Waals surface area (Å²) in [7, 11) is 3.98. The third-order valence-electron chi connectivity index (χ3n) is 3.96. The normalized spacial score (nSPS) is 13.5. The summed E-state index contributed by atoms with van der Waals surface area (Å²) >= 11 is 7.39. The zero-order valence-electron chi connectivity index (χ0n) is 15.4. The molecule has 0 saturated heterocycles. The molecule has 140 valence electrons. The molecule has 0 fully saturated rings. The van der Waals surface area contributed by atoms with Gasteiger partial charge in [-0.05, 0) is 52.2 Å². The summed E-state index contributed by atoms with van der Waals surface area (Å²) in [6.45, 7) is 7.96. The predicted octanol–water partition coefficient (Wildman–Crippen LogP) is 3.33. The number of benzene rings is 1. The van der Waals surface area contributed by atoms with Crippen LogP contribution in [0.3, 0.4) is 0 Å². The van der Waals surface area contributed by atoms with Gasteiger partial charge in [0.2, 0.25) is 5.91 Å². The van der Waals surface area contributed by atoms with Crippen molar-refractivity contribution in [1.29, 1.82) is 0 Å². The lowest BCUT2D eigenvalue weighted by Gasteiger charge is -2.21. The Hall–Kier alpha value is -1.83. The van der Waals surface area contributed by atoms with E-state index in [9.17, 15) is 4.79 Å². The lowest BCUT2D eigenvalue weighted by molar-refractivity contribution is -0.120. The Morgan fingerprint density at radius 2 is 2.00 bits per heavy atom. The summed E-state index contributed by atoms with van der Waals surface area (Å²) in [5, 5.41) is 12.5. The monoisotopic (exact) mass is 393 g/mol. The Morgan fingerprint density at radius 1 is 1.35 bits per heavy atom. The molecule has 0 unspecified atom stereocenters. The Kier molecular flexibility index (Phi) is 7.25. The number of nitrogens with one attached hydrogen (secondary N) is 1. The molecule has 0 spiro atoms. The molecule has 1 heterocycles. The van der Waals surface area contributed by atoms with E-state index in [1.807, 2.05) is 49.9 Å². The number of aromatic nitrogens is 3. The van der Waals surface area contributed by atoms with Gasteiger partial charge in [-0.15, -0.1) is 16.8 Å². The van der Waals surface area contributed by atoms with E-state index in [1.165, 1.54) is 11.8 Å². The average molecular weight is 394 g/mol. The largest absolute Gasteiger partial charge is 0.352 e. The fourth-order valence-corrected chi connectivity index (χ4v) is 3.24. The average Bonchev–Trinajstić information content (AvgIpc) is 3.02. The molecule has 0 aliphatic carbocycles. The number of carbonyl (C=O) groups excluding carboxylic acids is 1. The van der Waals surface area contributed by atoms with Gasteiger partial charge in [0.05, 0.1) is 11.3 Å². The Labute approximate surface area is 163 Å². The molecule has 1 N–H and O–H groups in total. The van der Waals surface area contributed by atoms with Crippen LogP contribution in [0.5, 0.6) is 0 Å². The van der Waals surface area contributed by atoms with E-state index in [1.54, 1.807) is 6.08 Å². The lowest BCUT2D eigenvalue weighted by Crippen LogP contribution is -2.31. The topological polar surface area (TPSA) is 63.1 Å². The van der Waals surface area contributed by atoms with Crippen LogP contribution in [0.1, 0.15) is 25.7 Å². The Bertz CT molecular complexity index is 759. The molecule has 0 aliphatic rings. The van der Waals surface area contributed by atoms with Crippen LogP contribution in [-0.2, 0) is 4.79 Å². The molecule has 0 aliphatic heterocycles. The second-order valence-electron chi connectivity index (χ2n) is 6.09. The predicted molar refractivity (Wildman–Crippen MR) is 107 cm³/mol. The number of halogens is 1. The third-order valence-corrected chi connectivity index (χ3v) is 5.26. The minimum absolute atomic E-state index is 0.0532. The Balaban J connectivity index is 2.38. The molecule has 0 bridgehead atoms. The maximum Gasteiger partial charge on any atom is 0.233 e. The maximum absolute atomic E-state index is 12.2. The van der Waals surface area contributed by atoms with Crippen LogP contribution in [0.4, 0.5) is 0 Å². The van der Waals surface area contributed by atoms with E-state index >= 15 is 0 Å². The molecule has 1 aromatic carbocycles. The summed E-state index contributed by atoms with van der Waals surface area (Å²) < 4.78 is 1.98. The molecule has 0 saturated carbocycles. The van der Waals surface area contributed by atoms with Crippen molar-refractivity contribution < 1.29 is 4.79 Å². The summed E-state index contributed by atoms with van der Waals surface area (Å²) in [4.78, 5) is 14.2. The highest BCUT2D eigenvalue weighted by Gasteiger charge is 2.24. The number of hydrogen-bond acceptors (Lipinski definition) is 5. The SMILES string of the molecule is C=CCNC(=O)[C@@H](C)Sc1nnc([C@H](C)N(C)C)n1-c1ccc(Cl)cc1. The quantitative estimate of drug-likeness (QED) is 0.550. The maximum atomic E-state index is 12.2. The van der Waals surface area contributed by atoms with Gasteiger partial charge < -0.3 is 5.32 Å². The molecule has 2 aromatic rings. The van der Waals surface area contributed by atoms with Crippen molar-refractivity contribution in [3.05, 3.63) is 47.8 Å². The van der Waals surface area contributed by atoms with Gasteiger partial charge in [0.15, 0.2) is 11.0 Å². The molecular formula is C18H24ClN5OS. The second kappa shape index (κ2) is 9.21. The van der Waals surface area contributed by atoms with Crippen LogP contribution >= 0.6 is 23.4 Å². The second-order valence-corrected chi connectivity index (χ2v) is 7.83. The first-order valence-corrected chi connectivity index (χ1v) is 9.53. The molecule has 6 nitrogen and oxygen atoms in total. The first-order chi connectivity index (χ1) is 12.3. The van der Waals surface area contributed by atoms with E-state index in [4.69, 9.17) is 11.6 Å². The van der Waals surface area contributed by atoms with Crippen LogP contribution in [0.2, 0.25) is 5.02 Å². The van der Waals surface area contributed by atoms with Crippen LogP contribution < -0.4 is 5.32 Å². The molecule has 1 aromatic heterocycles. The van der Waals surface area contributed by atoms with Crippen LogP contribution in [0.15, 0.2) is 42.1 Å². The van der Waals surface area contributed by atoms with Gasteiger partial charge >= 0.3 is 0 Å². The molecular weight excluding hydrogens is 370 g/mol. The molecule has 2 atom stereocenters. The van der Waals surface area contributed by atoms with Gasteiger partial charge in [0, 0.05) is 17.3 Å². The fourth-order valence-electron chi connectivity index (χ4n) is 2.22. The minimum Gasteiger partial charge on any atom is -0.352 e. The highest BCUT2D eigenvalue weighted by atomic mass is 35.5. The summed E-state index contributed by atoms with van der Waals surface area (Å²) in [6.07, 6.45) is 1.66. The van der Waals surface area contributed by atoms with Crippen molar-refractivity contribution in [1.82, 2.24) is 25.0 Å². The van der Waals surface area contributed by atoms with Crippen molar-refractivity contribution in [2.45, 2.75) is 30.3 Å². The smallest absolute Gasteiger partial charge is 0.233 e. The molecule has 26 heavy (non-hydrogen) atoms. The number of hydrogen-bond donors (Lipinski definition) is 1.